The lowest BCUT2D eigenvalue weighted by Gasteiger charge is -2.39. The van der Waals surface area contributed by atoms with Crippen molar-refractivity contribution in [1.82, 2.24) is 5.32 Å². The lowest BCUT2D eigenvalue weighted by Crippen LogP contribution is -2.45. The largest absolute Gasteiger partial charge is 0.389 e. The molecule has 6 heteroatoms. The molecular weight excluding hydrogens is 280 g/mol. The van der Waals surface area contributed by atoms with Crippen LogP contribution in [0.15, 0.2) is 23.2 Å². The molecule has 1 aromatic rings. The molecule has 2 rings (SSSR count). The topological polar surface area (TPSA) is 109 Å². The van der Waals surface area contributed by atoms with Gasteiger partial charge in [0.15, 0.2) is 12.0 Å². The Hall–Kier alpha value is -2.70. The van der Waals surface area contributed by atoms with E-state index in [-0.39, 0.29) is 5.78 Å². The molecule has 0 saturated heterocycles. The first-order valence-electron chi connectivity index (χ1n) is 6.79. The van der Waals surface area contributed by atoms with E-state index in [1.807, 2.05) is 6.07 Å². The van der Waals surface area contributed by atoms with Crippen molar-refractivity contribution in [2.75, 3.05) is 0 Å². The summed E-state index contributed by atoms with van der Waals surface area (Å²) in [6.45, 7) is 4.93. The van der Waals surface area contributed by atoms with Crippen molar-refractivity contribution in [2.24, 2.45) is 10.4 Å². The van der Waals surface area contributed by atoms with Gasteiger partial charge in [0.25, 0.3) is 0 Å². The Labute approximate surface area is 128 Å². The van der Waals surface area contributed by atoms with Gasteiger partial charge in [0.05, 0.1) is 23.2 Å². The van der Waals surface area contributed by atoms with Crippen LogP contribution in [0.5, 0.6) is 0 Å². The van der Waals surface area contributed by atoms with Crippen molar-refractivity contribution in [2.45, 2.75) is 32.9 Å². The molecule has 0 amide bonds. The number of ketones is 1. The number of fused-ring (bicyclic) bond motifs is 1. The summed E-state index contributed by atoms with van der Waals surface area (Å²) in [6.07, 6.45) is 0.722. The Bertz CT molecular complexity index is 737. The molecule has 6 nitrogen and oxygen atoms in total. The molecule has 0 unspecified atom stereocenters. The van der Waals surface area contributed by atoms with Gasteiger partial charge in [-0.2, -0.15) is 10.5 Å². The molecular formula is C16H16N4O2. The Morgan fingerprint density at radius 2 is 2.09 bits per heavy atom. The molecule has 2 N–H and O–H groups in total. The minimum absolute atomic E-state index is 0.183. The third kappa shape index (κ3) is 2.45. The number of nitrogens with zero attached hydrogens (tertiary/aromatic N) is 3. The third-order valence-corrected chi connectivity index (χ3v) is 3.94. The summed E-state index contributed by atoms with van der Waals surface area (Å²) in [6, 6.07) is 6.05. The molecule has 112 valence electrons. The van der Waals surface area contributed by atoms with Gasteiger partial charge in [-0.3, -0.25) is 15.1 Å². The van der Waals surface area contributed by atoms with E-state index in [9.17, 15) is 9.90 Å². The number of hydrogen-bond acceptors (Lipinski definition) is 5. The van der Waals surface area contributed by atoms with Gasteiger partial charge in [-0.05, 0) is 44.5 Å². The number of carbonyl (C=O) groups is 1. The normalized spacial score (nSPS) is 23.2. The highest BCUT2D eigenvalue weighted by molar-refractivity contribution is 6.03. The minimum atomic E-state index is -1.04. The summed E-state index contributed by atoms with van der Waals surface area (Å²) in [5.74, 6) is 0.154. The summed E-state index contributed by atoms with van der Waals surface area (Å²) in [7, 11) is 0. The average molecular weight is 296 g/mol. The van der Waals surface area contributed by atoms with Crippen LogP contribution in [0.3, 0.4) is 0 Å². The van der Waals surface area contributed by atoms with Crippen molar-refractivity contribution in [1.29, 1.82) is 10.5 Å². The lowest BCUT2D eigenvalue weighted by atomic mass is 9.68. The molecule has 0 spiro atoms. The Morgan fingerprint density at radius 1 is 1.41 bits per heavy atom. The summed E-state index contributed by atoms with van der Waals surface area (Å²) < 4.78 is 0. The number of nitrogens with one attached hydrogen (secondary N) is 1. The number of benzene rings is 1. The zero-order valence-corrected chi connectivity index (χ0v) is 12.6. The van der Waals surface area contributed by atoms with Crippen molar-refractivity contribution < 1.29 is 9.90 Å². The number of Topliss-reactive ketones (excluding diaryl/α,β-unsaturated/α-hetero) is 1. The first-order chi connectivity index (χ1) is 10.3. The number of nitriles is 2. The number of aliphatic hydroxyl groups is 1. The monoisotopic (exact) mass is 296 g/mol. The Balaban J connectivity index is 2.65. The molecule has 0 aromatic heterocycles. The number of carbonyl (C=O) groups excluding carboxylic acids is 1. The molecule has 1 aliphatic carbocycles. The molecule has 0 heterocycles. The van der Waals surface area contributed by atoms with Crippen LogP contribution in [0.2, 0.25) is 0 Å². The Kier molecular flexibility index (Phi) is 3.99. The second-order valence-electron chi connectivity index (χ2n) is 5.81. The van der Waals surface area contributed by atoms with Crippen LogP contribution in [-0.2, 0) is 0 Å². The van der Waals surface area contributed by atoms with E-state index in [2.05, 4.69) is 10.3 Å². The van der Waals surface area contributed by atoms with Crippen LogP contribution in [0.1, 0.15) is 48.3 Å². The summed E-state index contributed by atoms with van der Waals surface area (Å²) >= 11 is 0. The van der Waals surface area contributed by atoms with Crippen molar-refractivity contribution >= 4 is 11.6 Å². The zero-order valence-electron chi connectivity index (χ0n) is 12.6. The number of hydrogen-bond donors (Lipinski definition) is 2. The highest BCUT2D eigenvalue weighted by Crippen LogP contribution is 2.43. The SMILES string of the molecule is CC(=N[C@@H]1c2cc(C#N)ccc2C(=O)C(C)(C)[C@H]1O)NC#N. The van der Waals surface area contributed by atoms with E-state index in [4.69, 9.17) is 10.5 Å². The highest BCUT2D eigenvalue weighted by atomic mass is 16.3. The van der Waals surface area contributed by atoms with E-state index >= 15 is 0 Å². The summed E-state index contributed by atoms with van der Waals surface area (Å²) in [4.78, 5) is 16.9. The fraction of sp³-hybridized carbons (Fsp3) is 0.375. The summed E-state index contributed by atoms with van der Waals surface area (Å²) in [5.41, 5.74) is 0.356. The van der Waals surface area contributed by atoms with Crippen molar-refractivity contribution in [3.05, 3.63) is 34.9 Å². The molecule has 0 aliphatic heterocycles. The van der Waals surface area contributed by atoms with Gasteiger partial charge >= 0.3 is 0 Å². The predicted octanol–water partition coefficient (Wildman–Crippen LogP) is 1.67. The van der Waals surface area contributed by atoms with Gasteiger partial charge in [-0.15, -0.1) is 0 Å². The first kappa shape index (κ1) is 15.7. The predicted molar refractivity (Wildman–Crippen MR) is 79.9 cm³/mol. The van der Waals surface area contributed by atoms with Gasteiger partial charge in [0, 0.05) is 5.56 Å². The van der Waals surface area contributed by atoms with Gasteiger partial charge in [0.1, 0.15) is 11.9 Å². The standard InChI is InChI=1S/C16H16N4O2/c1-9(19-8-18)20-13-12-6-10(7-17)4-5-11(12)14(21)16(2,3)15(13)22/h4-6,13,15,22H,1-3H3,(H,19,20)/t13-,15+/m1/s1. The van der Waals surface area contributed by atoms with E-state index in [0.717, 1.165) is 0 Å². The van der Waals surface area contributed by atoms with Crippen molar-refractivity contribution in [3.63, 3.8) is 0 Å². The maximum Gasteiger partial charge on any atom is 0.182 e. The van der Waals surface area contributed by atoms with Crippen LogP contribution in [0.4, 0.5) is 0 Å². The molecule has 0 saturated carbocycles. The molecule has 1 aliphatic rings. The van der Waals surface area contributed by atoms with Crippen LogP contribution in [0, 0.1) is 28.2 Å². The Morgan fingerprint density at radius 3 is 2.68 bits per heavy atom. The molecule has 0 bridgehead atoms. The third-order valence-electron chi connectivity index (χ3n) is 3.94. The van der Waals surface area contributed by atoms with Crippen molar-refractivity contribution in [3.8, 4) is 12.3 Å². The highest BCUT2D eigenvalue weighted by Gasteiger charge is 2.47. The van der Waals surface area contributed by atoms with Crippen LogP contribution in [-0.4, -0.2) is 22.8 Å². The van der Waals surface area contributed by atoms with Crippen LogP contribution in [0.25, 0.3) is 0 Å². The summed E-state index contributed by atoms with van der Waals surface area (Å²) in [5, 5.41) is 30.7. The van der Waals surface area contributed by atoms with Crippen LogP contribution < -0.4 is 5.32 Å². The van der Waals surface area contributed by atoms with Gasteiger partial charge in [-0.25, -0.2) is 0 Å². The van der Waals surface area contributed by atoms with Gasteiger partial charge in [-0.1, -0.05) is 0 Å². The smallest absolute Gasteiger partial charge is 0.182 e. The van der Waals surface area contributed by atoms with E-state index < -0.39 is 17.6 Å². The molecule has 0 radical (unpaired) electrons. The number of aliphatic hydroxyl groups excluding tert-OH is 1. The van der Waals surface area contributed by atoms with Gasteiger partial charge < -0.3 is 5.11 Å². The van der Waals surface area contributed by atoms with E-state index in [1.165, 1.54) is 0 Å². The fourth-order valence-electron chi connectivity index (χ4n) is 2.59. The second kappa shape index (κ2) is 5.59. The first-order valence-corrected chi connectivity index (χ1v) is 6.79. The zero-order chi connectivity index (χ0) is 16.5. The second-order valence-corrected chi connectivity index (χ2v) is 5.81. The van der Waals surface area contributed by atoms with Crippen LogP contribution >= 0.6 is 0 Å². The van der Waals surface area contributed by atoms with E-state index in [1.54, 1.807) is 45.2 Å². The number of aliphatic imine (C=N–C) groups is 1. The van der Waals surface area contributed by atoms with Gasteiger partial charge in [0.2, 0.25) is 0 Å². The molecule has 1 aromatic carbocycles. The molecule has 0 fully saturated rings. The fourth-order valence-corrected chi connectivity index (χ4v) is 2.59. The maximum atomic E-state index is 12.5. The quantitative estimate of drug-likeness (QED) is 0.354. The minimum Gasteiger partial charge on any atom is -0.389 e. The number of amidine groups is 1. The lowest BCUT2D eigenvalue weighted by molar-refractivity contribution is 0.0213. The molecule has 22 heavy (non-hydrogen) atoms. The van der Waals surface area contributed by atoms with E-state index in [0.29, 0.717) is 22.5 Å². The number of rotatable bonds is 1. The maximum absolute atomic E-state index is 12.5. The molecule has 2 atom stereocenters. The average Bonchev–Trinajstić information content (AvgIpc) is 2.49.